The zero-order valence-corrected chi connectivity index (χ0v) is 13.7. The summed E-state index contributed by atoms with van der Waals surface area (Å²) >= 11 is 0. The van der Waals surface area contributed by atoms with Gasteiger partial charge in [0.25, 0.3) is 5.78 Å². The van der Waals surface area contributed by atoms with Crippen LogP contribution in [0.2, 0.25) is 0 Å². The summed E-state index contributed by atoms with van der Waals surface area (Å²) in [6, 6.07) is 6.42. The van der Waals surface area contributed by atoms with Crippen molar-refractivity contribution in [3.8, 4) is 0 Å². The summed E-state index contributed by atoms with van der Waals surface area (Å²) < 4.78 is 85.0. The maximum Gasteiger partial charge on any atom is 0.454 e. The Labute approximate surface area is 149 Å². The average Bonchev–Trinajstić information content (AvgIpc) is 3.06. The van der Waals surface area contributed by atoms with Crippen LogP contribution in [-0.2, 0) is 4.74 Å². The number of nitrogens with zero attached hydrogens (tertiary/aromatic N) is 1. The predicted molar refractivity (Wildman–Crippen MR) is 84.6 cm³/mol. The fraction of sp³-hybridized carbons (Fsp3) is 0.389. The number of carbonyl (C=O) groups excluding carboxylic acids is 1. The molecule has 2 aliphatic heterocycles. The number of hydrogen-bond donors (Lipinski definition) is 0. The molecule has 2 aromatic rings. The largest absolute Gasteiger partial charge is 0.454 e. The number of Topliss-reactive ketones (excluding diaryl/α,β-unsaturated/α-hetero) is 1. The summed E-state index contributed by atoms with van der Waals surface area (Å²) in [5.41, 5.74) is -1.06. The molecule has 0 radical (unpaired) electrons. The van der Waals surface area contributed by atoms with Crippen molar-refractivity contribution in [2.45, 2.75) is 37.5 Å². The Morgan fingerprint density at radius 2 is 1.74 bits per heavy atom. The van der Waals surface area contributed by atoms with Gasteiger partial charge in [0.2, 0.25) is 0 Å². The van der Waals surface area contributed by atoms with Crippen molar-refractivity contribution in [2.75, 3.05) is 11.4 Å². The molecule has 0 aromatic heterocycles. The van der Waals surface area contributed by atoms with E-state index in [-0.39, 0.29) is 16.5 Å². The van der Waals surface area contributed by atoms with Crippen molar-refractivity contribution in [1.29, 1.82) is 0 Å². The summed E-state index contributed by atoms with van der Waals surface area (Å²) in [4.78, 5) is 13.5. The van der Waals surface area contributed by atoms with E-state index >= 15 is 0 Å². The minimum Gasteiger partial charge on any atom is -0.345 e. The lowest BCUT2D eigenvalue weighted by Crippen LogP contribution is -2.42. The molecule has 27 heavy (non-hydrogen) atoms. The SMILES string of the molecule is O=C(c1cc2c(c3ccccc13)N1CCCC1OC2C(F)(F)F)C(F)(F)F. The molecular formula is C18H13F6NO2. The minimum absolute atomic E-state index is 0.0213. The van der Waals surface area contributed by atoms with Gasteiger partial charge >= 0.3 is 12.4 Å². The zero-order chi connectivity index (χ0) is 19.6. The van der Waals surface area contributed by atoms with Gasteiger partial charge in [-0.1, -0.05) is 24.3 Å². The van der Waals surface area contributed by atoms with Crippen LogP contribution in [0, 0.1) is 0 Å². The Balaban J connectivity index is 2.05. The summed E-state index contributed by atoms with van der Waals surface area (Å²) in [6.07, 6.45) is -12.2. The average molecular weight is 389 g/mol. The monoisotopic (exact) mass is 389 g/mol. The molecule has 144 valence electrons. The lowest BCUT2D eigenvalue weighted by molar-refractivity contribution is -0.238. The van der Waals surface area contributed by atoms with E-state index in [1.165, 1.54) is 24.3 Å². The molecule has 0 aliphatic carbocycles. The molecule has 2 heterocycles. The highest BCUT2D eigenvalue weighted by Crippen LogP contribution is 2.51. The number of carbonyl (C=O) groups is 1. The van der Waals surface area contributed by atoms with Crippen LogP contribution in [0.1, 0.15) is 34.9 Å². The van der Waals surface area contributed by atoms with Crippen LogP contribution in [0.15, 0.2) is 30.3 Å². The van der Waals surface area contributed by atoms with E-state index in [1.54, 1.807) is 4.90 Å². The fourth-order valence-corrected chi connectivity index (χ4v) is 3.86. The van der Waals surface area contributed by atoms with Gasteiger partial charge in [-0.3, -0.25) is 4.79 Å². The first-order valence-electron chi connectivity index (χ1n) is 8.25. The summed E-state index contributed by atoms with van der Waals surface area (Å²) in [7, 11) is 0. The second-order valence-corrected chi connectivity index (χ2v) is 6.58. The number of hydrogen-bond acceptors (Lipinski definition) is 3. The molecule has 2 unspecified atom stereocenters. The molecule has 9 heteroatoms. The third-order valence-corrected chi connectivity index (χ3v) is 4.91. The van der Waals surface area contributed by atoms with Gasteiger partial charge in [0.1, 0.15) is 6.23 Å². The Kier molecular flexibility index (Phi) is 3.92. The predicted octanol–water partition coefficient (Wildman–Crippen LogP) is 5.14. The Hall–Kier alpha value is -2.29. The van der Waals surface area contributed by atoms with Gasteiger partial charge in [0.05, 0.1) is 5.69 Å². The molecule has 0 N–H and O–H groups in total. The lowest BCUT2D eigenvalue weighted by atomic mass is 9.91. The molecule has 0 saturated carbocycles. The third kappa shape index (κ3) is 2.84. The quantitative estimate of drug-likeness (QED) is 0.499. The van der Waals surface area contributed by atoms with Crippen molar-refractivity contribution in [1.82, 2.24) is 0 Å². The molecule has 0 bridgehead atoms. The van der Waals surface area contributed by atoms with Gasteiger partial charge in [-0.25, -0.2) is 0 Å². The number of fused-ring (bicyclic) bond motifs is 5. The van der Waals surface area contributed by atoms with Gasteiger partial charge in [0.15, 0.2) is 6.10 Å². The first kappa shape index (κ1) is 18.1. The Morgan fingerprint density at radius 1 is 1.07 bits per heavy atom. The fourth-order valence-electron chi connectivity index (χ4n) is 3.86. The second kappa shape index (κ2) is 5.85. The number of ketones is 1. The highest BCUT2D eigenvalue weighted by molar-refractivity contribution is 6.14. The van der Waals surface area contributed by atoms with Gasteiger partial charge in [-0.2, -0.15) is 26.3 Å². The number of anilines is 1. The number of rotatable bonds is 1. The van der Waals surface area contributed by atoms with E-state index in [0.717, 1.165) is 0 Å². The van der Waals surface area contributed by atoms with Crippen LogP contribution in [0.4, 0.5) is 32.0 Å². The normalized spacial score (nSPS) is 22.7. The summed E-state index contributed by atoms with van der Waals surface area (Å²) in [5, 5.41) is 0.166. The van der Waals surface area contributed by atoms with Crippen LogP contribution in [0.5, 0.6) is 0 Å². The topological polar surface area (TPSA) is 29.5 Å². The van der Waals surface area contributed by atoms with Crippen molar-refractivity contribution in [2.24, 2.45) is 0 Å². The first-order valence-corrected chi connectivity index (χ1v) is 8.25. The second-order valence-electron chi connectivity index (χ2n) is 6.58. The van der Waals surface area contributed by atoms with Gasteiger partial charge in [-0.05, 0) is 24.3 Å². The van der Waals surface area contributed by atoms with E-state index in [2.05, 4.69) is 0 Å². The van der Waals surface area contributed by atoms with Crippen LogP contribution >= 0.6 is 0 Å². The molecule has 2 aromatic carbocycles. The molecule has 1 saturated heterocycles. The maximum atomic E-state index is 13.6. The number of alkyl halides is 6. The van der Waals surface area contributed by atoms with Crippen molar-refractivity contribution < 1.29 is 35.9 Å². The standard InChI is InChI=1S/C18H13F6NO2/c19-17(20,21)15(26)11-8-12-14(10-5-2-1-4-9(10)11)25-7-3-6-13(25)27-16(12)18(22,23)24/h1-2,4-5,8,13,16H,3,6-7H2. The highest BCUT2D eigenvalue weighted by Gasteiger charge is 2.51. The molecule has 3 nitrogen and oxygen atoms in total. The molecule has 0 spiro atoms. The van der Waals surface area contributed by atoms with E-state index in [4.69, 9.17) is 4.74 Å². The summed E-state index contributed by atoms with van der Waals surface area (Å²) in [5.74, 6) is -2.18. The molecule has 0 amide bonds. The Morgan fingerprint density at radius 3 is 2.37 bits per heavy atom. The van der Waals surface area contributed by atoms with E-state index < -0.39 is 41.6 Å². The molecule has 2 aliphatic rings. The van der Waals surface area contributed by atoms with Crippen molar-refractivity contribution in [3.05, 3.63) is 41.5 Å². The number of benzene rings is 2. The minimum atomic E-state index is -5.20. The zero-order valence-electron chi connectivity index (χ0n) is 13.7. The van der Waals surface area contributed by atoms with Crippen LogP contribution in [0.25, 0.3) is 10.8 Å². The van der Waals surface area contributed by atoms with E-state index in [1.807, 2.05) is 0 Å². The van der Waals surface area contributed by atoms with Crippen molar-refractivity contribution in [3.63, 3.8) is 0 Å². The first-order chi connectivity index (χ1) is 12.6. The van der Waals surface area contributed by atoms with E-state index in [0.29, 0.717) is 25.5 Å². The molecular weight excluding hydrogens is 376 g/mol. The summed E-state index contributed by atoms with van der Waals surface area (Å²) in [6.45, 7) is 0.429. The smallest absolute Gasteiger partial charge is 0.345 e. The highest BCUT2D eigenvalue weighted by atomic mass is 19.4. The molecule has 2 atom stereocenters. The van der Waals surface area contributed by atoms with Gasteiger partial charge < -0.3 is 9.64 Å². The Bertz CT molecular complexity index is 920. The lowest BCUT2D eigenvalue weighted by Gasteiger charge is -2.40. The maximum absolute atomic E-state index is 13.6. The van der Waals surface area contributed by atoms with Crippen molar-refractivity contribution >= 4 is 22.2 Å². The van der Waals surface area contributed by atoms with Crippen LogP contribution < -0.4 is 4.90 Å². The van der Waals surface area contributed by atoms with Gasteiger partial charge in [0, 0.05) is 23.1 Å². The van der Waals surface area contributed by atoms with E-state index in [9.17, 15) is 31.1 Å². The number of halogens is 6. The number of ether oxygens (including phenoxy) is 1. The van der Waals surface area contributed by atoms with Crippen LogP contribution in [0.3, 0.4) is 0 Å². The molecule has 1 fully saturated rings. The molecule has 4 rings (SSSR count). The van der Waals surface area contributed by atoms with Gasteiger partial charge in [-0.15, -0.1) is 0 Å². The third-order valence-electron chi connectivity index (χ3n) is 4.91. The van der Waals surface area contributed by atoms with Crippen LogP contribution in [-0.4, -0.2) is 30.9 Å².